The number of hydrogen-bond acceptors (Lipinski definition) is 2. The molecule has 0 spiro atoms. The highest BCUT2D eigenvalue weighted by atomic mass is 16.3. The van der Waals surface area contributed by atoms with E-state index in [0.29, 0.717) is 0 Å². The summed E-state index contributed by atoms with van der Waals surface area (Å²) in [4.78, 5) is 4.29. The molecule has 0 bridgehead atoms. The number of para-hydroxylation sites is 1. The van der Waals surface area contributed by atoms with E-state index in [1.54, 1.807) is 0 Å². The number of furan rings is 1. The van der Waals surface area contributed by atoms with Gasteiger partial charge in [0, 0.05) is 39.5 Å². The molecular formula is C37H21NO. The zero-order valence-electron chi connectivity index (χ0n) is 21.0. The van der Waals surface area contributed by atoms with Crippen LogP contribution in [0.5, 0.6) is 0 Å². The van der Waals surface area contributed by atoms with Crippen LogP contribution in [0.1, 0.15) is 0 Å². The van der Waals surface area contributed by atoms with E-state index in [-0.39, 0.29) is 0 Å². The predicted molar refractivity (Wildman–Crippen MR) is 162 cm³/mol. The normalized spacial score (nSPS) is 12.1. The Bertz CT molecular complexity index is 2270. The predicted octanol–water partition coefficient (Wildman–Crippen LogP) is 10.3. The summed E-state index contributed by atoms with van der Waals surface area (Å²) in [5, 5.41) is 7.25. The van der Waals surface area contributed by atoms with Crippen LogP contribution >= 0.6 is 0 Å². The van der Waals surface area contributed by atoms with Crippen molar-refractivity contribution in [1.29, 1.82) is 0 Å². The van der Waals surface area contributed by atoms with Gasteiger partial charge in [0.05, 0.1) is 0 Å². The van der Waals surface area contributed by atoms with Gasteiger partial charge in [0.25, 0.3) is 0 Å². The number of nitrogens with zero attached hydrogens (tertiary/aromatic N) is 1. The van der Waals surface area contributed by atoms with Crippen LogP contribution in [0, 0.1) is 0 Å². The van der Waals surface area contributed by atoms with E-state index in [2.05, 4.69) is 114 Å². The summed E-state index contributed by atoms with van der Waals surface area (Å²) < 4.78 is 6.51. The second-order valence-electron chi connectivity index (χ2n) is 10.3. The maximum atomic E-state index is 6.51. The maximum Gasteiger partial charge on any atom is 0.143 e. The fourth-order valence-electron chi connectivity index (χ4n) is 6.57. The lowest BCUT2D eigenvalue weighted by Crippen LogP contribution is -1.86. The lowest BCUT2D eigenvalue weighted by molar-refractivity contribution is 0.670. The van der Waals surface area contributed by atoms with Crippen molar-refractivity contribution in [3.63, 3.8) is 0 Å². The van der Waals surface area contributed by atoms with Gasteiger partial charge in [0.15, 0.2) is 0 Å². The van der Waals surface area contributed by atoms with Crippen LogP contribution in [0.3, 0.4) is 0 Å². The summed E-state index contributed by atoms with van der Waals surface area (Å²) >= 11 is 0. The van der Waals surface area contributed by atoms with Gasteiger partial charge in [0.1, 0.15) is 11.2 Å². The molecule has 0 aliphatic heterocycles. The van der Waals surface area contributed by atoms with Crippen molar-refractivity contribution in [1.82, 2.24) is 4.98 Å². The Morgan fingerprint density at radius 1 is 0.487 bits per heavy atom. The van der Waals surface area contributed by atoms with Gasteiger partial charge in [-0.2, -0.15) is 0 Å². The highest BCUT2D eigenvalue weighted by Crippen LogP contribution is 2.54. The van der Waals surface area contributed by atoms with E-state index in [1.165, 1.54) is 71.4 Å². The molecule has 0 saturated heterocycles. The highest BCUT2D eigenvalue weighted by Gasteiger charge is 2.28. The lowest BCUT2D eigenvalue weighted by Gasteiger charge is -2.12. The molecule has 39 heavy (non-hydrogen) atoms. The molecule has 0 saturated carbocycles. The Morgan fingerprint density at radius 2 is 1.23 bits per heavy atom. The molecule has 1 aliphatic carbocycles. The SMILES string of the molecule is c1ccc2c(c1)-c1c(-c3ccc(-c4cccc5cnccc45)cc3)ccc3cc4c(oc5ccccc54)c-2c13. The summed E-state index contributed by atoms with van der Waals surface area (Å²) in [7, 11) is 0. The minimum Gasteiger partial charge on any atom is -0.455 e. The Kier molecular flexibility index (Phi) is 4.08. The van der Waals surface area contributed by atoms with Gasteiger partial charge in [-0.1, -0.05) is 97.1 Å². The molecule has 0 fully saturated rings. The van der Waals surface area contributed by atoms with Gasteiger partial charge >= 0.3 is 0 Å². The van der Waals surface area contributed by atoms with Gasteiger partial charge in [-0.3, -0.25) is 4.98 Å². The van der Waals surface area contributed by atoms with Crippen LogP contribution in [0.25, 0.3) is 88.0 Å². The van der Waals surface area contributed by atoms with E-state index in [4.69, 9.17) is 4.42 Å². The van der Waals surface area contributed by atoms with Crippen molar-refractivity contribution in [2.45, 2.75) is 0 Å². The van der Waals surface area contributed by atoms with Crippen LogP contribution < -0.4 is 0 Å². The molecule has 0 radical (unpaired) electrons. The number of hydrogen-bond donors (Lipinski definition) is 0. The fraction of sp³-hybridized carbons (Fsp3) is 0. The lowest BCUT2D eigenvalue weighted by atomic mass is 9.91. The molecule has 8 aromatic rings. The fourth-order valence-corrected chi connectivity index (χ4v) is 6.57. The first-order chi connectivity index (χ1) is 19.3. The summed E-state index contributed by atoms with van der Waals surface area (Å²) in [5.74, 6) is 0. The molecule has 180 valence electrons. The van der Waals surface area contributed by atoms with E-state index in [0.717, 1.165) is 16.6 Å². The first-order valence-corrected chi connectivity index (χ1v) is 13.3. The molecule has 0 amide bonds. The topological polar surface area (TPSA) is 26.0 Å². The third-order valence-corrected chi connectivity index (χ3v) is 8.30. The first kappa shape index (κ1) is 20.8. The van der Waals surface area contributed by atoms with Crippen molar-refractivity contribution >= 4 is 43.5 Å². The largest absolute Gasteiger partial charge is 0.455 e. The average Bonchev–Trinajstić information content (AvgIpc) is 3.55. The van der Waals surface area contributed by atoms with E-state index < -0.39 is 0 Å². The molecule has 6 aromatic carbocycles. The molecule has 0 N–H and O–H groups in total. The van der Waals surface area contributed by atoms with Crippen LogP contribution in [-0.2, 0) is 0 Å². The third-order valence-electron chi connectivity index (χ3n) is 8.30. The van der Waals surface area contributed by atoms with Gasteiger partial charge < -0.3 is 4.42 Å². The summed E-state index contributed by atoms with van der Waals surface area (Å²) in [5.41, 5.74) is 11.8. The van der Waals surface area contributed by atoms with Gasteiger partial charge in [-0.25, -0.2) is 0 Å². The molecule has 2 aromatic heterocycles. The molecular weight excluding hydrogens is 474 g/mol. The first-order valence-electron chi connectivity index (χ1n) is 13.3. The maximum absolute atomic E-state index is 6.51. The smallest absolute Gasteiger partial charge is 0.143 e. The van der Waals surface area contributed by atoms with E-state index in [9.17, 15) is 0 Å². The summed E-state index contributed by atoms with van der Waals surface area (Å²) in [6.07, 6.45) is 3.79. The number of fused-ring (bicyclic) bond motifs is 8. The van der Waals surface area contributed by atoms with Crippen molar-refractivity contribution in [3.05, 3.63) is 128 Å². The molecule has 9 rings (SSSR count). The number of pyridine rings is 1. The highest BCUT2D eigenvalue weighted by molar-refractivity contribution is 6.28. The molecule has 2 heteroatoms. The average molecular weight is 496 g/mol. The Balaban J connectivity index is 1.29. The second kappa shape index (κ2) is 7.66. The van der Waals surface area contributed by atoms with Gasteiger partial charge in [-0.15, -0.1) is 0 Å². The van der Waals surface area contributed by atoms with Crippen molar-refractivity contribution in [3.8, 4) is 44.5 Å². The van der Waals surface area contributed by atoms with Crippen LogP contribution in [0.2, 0.25) is 0 Å². The van der Waals surface area contributed by atoms with Crippen LogP contribution in [-0.4, -0.2) is 4.98 Å². The second-order valence-corrected chi connectivity index (χ2v) is 10.3. The Labute approximate surface area is 224 Å². The third kappa shape index (κ3) is 2.83. The minimum atomic E-state index is 0.935. The molecule has 2 heterocycles. The van der Waals surface area contributed by atoms with Crippen LogP contribution in [0.15, 0.2) is 132 Å². The summed E-state index contributed by atoms with van der Waals surface area (Å²) in [6.45, 7) is 0. The Hall–Kier alpha value is -5.21. The van der Waals surface area contributed by atoms with Crippen molar-refractivity contribution in [2.75, 3.05) is 0 Å². The summed E-state index contributed by atoms with van der Waals surface area (Å²) in [6, 6.07) is 41.5. The minimum absolute atomic E-state index is 0.935. The van der Waals surface area contributed by atoms with Crippen molar-refractivity contribution in [2.24, 2.45) is 0 Å². The zero-order chi connectivity index (χ0) is 25.5. The Morgan fingerprint density at radius 3 is 2.10 bits per heavy atom. The van der Waals surface area contributed by atoms with Gasteiger partial charge in [0.2, 0.25) is 0 Å². The molecule has 1 aliphatic rings. The van der Waals surface area contributed by atoms with Crippen molar-refractivity contribution < 1.29 is 4.42 Å². The number of benzene rings is 6. The number of rotatable bonds is 2. The quantitative estimate of drug-likeness (QED) is 0.238. The van der Waals surface area contributed by atoms with E-state index in [1.807, 2.05) is 18.5 Å². The monoisotopic (exact) mass is 495 g/mol. The molecule has 0 atom stereocenters. The molecule has 0 unspecified atom stereocenters. The van der Waals surface area contributed by atoms with E-state index >= 15 is 0 Å². The standard InChI is InChI=1S/C37H21NO/c1-2-9-31-30(8-1)35-28(23-14-12-22(13-15-23)26-10-5-6-25-21-38-19-18-27(25)26)17-16-24-20-32-29-7-3-4-11-33(29)39-37(32)36(31)34(24)35/h1-21H. The number of aromatic nitrogens is 1. The van der Waals surface area contributed by atoms with Gasteiger partial charge in [-0.05, 0) is 67.9 Å². The molecule has 2 nitrogen and oxygen atoms in total. The zero-order valence-corrected chi connectivity index (χ0v) is 21.0. The van der Waals surface area contributed by atoms with Crippen LogP contribution in [0.4, 0.5) is 0 Å².